The normalized spacial score (nSPS) is 15.7. The first kappa shape index (κ1) is 9.72. The van der Waals surface area contributed by atoms with Crippen LogP contribution in [-0.2, 0) is 11.2 Å². The Morgan fingerprint density at radius 2 is 2.00 bits per heavy atom. The predicted molar refractivity (Wildman–Crippen MR) is 58.0 cm³/mol. The minimum Gasteiger partial charge on any atom is -0.381 e. The highest BCUT2D eigenvalue weighted by Crippen LogP contribution is 2.28. The van der Waals surface area contributed by atoms with Crippen LogP contribution in [0.5, 0.6) is 0 Å². The van der Waals surface area contributed by atoms with Crippen molar-refractivity contribution in [3.05, 3.63) is 42.3 Å². The third kappa shape index (κ3) is 3.51. The van der Waals surface area contributed by atoms with Crippen molar-refractivity contribution in [2.45, 2.75) is 19.3 Å². The topological polar surface area (TPSA) is 9.23 Å². The maximum Gasteiger partial charge on any atom is 0.0501 e. The molecule has 1 heteroatoms. The summed E-state index contributed by atoms with van der Waals surface area (Å²) in [5.74, 6) is 0.875. The summed E-state index contributed by atoms with van der Waals surface area (Å²) in [5, 5.41) is 0. The maximum absolute atomic E-state index is 5.52. The molecule has 1 aromatic carbocycles. The minimum atomic E-state index is 0.797. The van der Waals surface area contributed by atoms with Gasteiger partial charge in [-0.2, -0.15) is 0 Å². The maximum atomic E-state index is 5.52. The molecule has 0 aromatic heterocycles. The number of benzene rings is 1. The highest BCUT2D eigenvalue weighted by molar-refractivity contribution is 5.16. The van der Waals surface area contributed by atoms with E-state index in [0.717, 1.165) is 25.6 Å². The summed E-state index contributed by atoms with van der Waals surface area (Å²) in [7, 11) is 0. The van der Waals surface area contributed by atoms with Gasteiger partial charge >= 0.3 is 0 Å². The molecule has 1 radical (unpaired) electrons. The van der Waals surface area contributed by atoms with E-state index in [2.05, 4.69) is 30.7 Å². The van der Waals surface area contributed by atoms with Gasteiger partial charge in [-0.05, 0) is 37.2 Å². The molecule has 1 fully saturated rings. The highest BCUT2D eigenvalue weighted by Gasteiger charge is 2.20. The molecule has 14 heavy (non-hydrogen) atoms. The zero-order chi connectivity index (χ0) is 9.64. The van der Waals surface area contributed by atoms with Gasteiger partial charge < -0.3 is 4.74 Å². The third-order valence-corrected chi connectivity index (χ3v) is 2.51. The molecular formula is C13H17O. The second-order valence-corrected chi connectivity index (χ2v) is 3.96. The molecule has 2 rings (SSSR count). The fraction of sp³-hybridized carbons (Fsp3) is 0.462. The summed E-state index contributed by atoms with van der Waals surface area (Å²) >= 11 is 0. The Kier molecular flexibility index (Phi) is 3.58. The van der Waals surface area contributed by atoms with Crippen LogP contribution in [0.2, 0.25) is 0 Å². The molecule has 1 aromatic rings. The van der Waals surface area contributed by atoms with E-state index in [1.54, 1.807) is 0 Å². The quantitative estimate of drug-likeness (QED) is 0.625. The highest BCUT2D eigenvalue weighted by atomic mass is 16.5. The molecule has 0 unspecified atom stereocenters. The van der Waals surface area contributed by atoms with Crippen LogP contribution in [0.25, 0.3) is 0 Å². The molecule has 0 amide bonds. The Hall–Kier alpha value is -0.820. The number of hydrogen-bond donors (Lipinski definition) is 0. The van der Waals surface area contributed by atoms with Crippen molar-refractivity contribution in [3.8, 4) is 0 Å². The second kappa shape index (κ2) is 5.16. The Morgan fingerprint density at radius 1 is 1.21 bits per heavy atom. The average Bonchev–Trinajstić information content (AvgIpc) is 3.03. The summed E-state index contributed by atoms with van der Waals surface area (Å²) in [6.45, 7) is 1.76. The van der Waals surface area contributed by atoms with Crippen LogP contribution in [0.3, 0.4) is 0 Å². The molecular weight excluding hydrogens is 172 g/mol. The van der Waals surface area contributed by atoms with E-state index >= 15 is 0 Å². The Morgan fingerprint density at radius 3 is 2.71 bits per heavy atom. The molecule has 0 spiro atoms. The molecule has 0 heterocycles. The van der Waals surface area contributed by atoms with Gasteiger partial charge in [0.25, 0.3) is 0 Å². The summed E-state index contributed by atoms with van der Waals surface area (Å²) in [6.07, 6.45) is 5.97. The van der Waals surface area contributed by atoms with Crippen molar-refractivity contribution >= 4 is 0 Å². The largest absolute Gasteiger partial charge is 0.381 e. The van der Waals surface area contributed by atoms with Gasteiger partial charge in [0.05, 0.1) is 6.61 Å². The number of ether oxygens (including phenoxy) is 1. The first-order chi connectivity index (χ1) is 6.95. The van der Waals surface area contributed by atoms with E-state index in [-0.39, 0.29) is 0 Å². The van der Waals surface area contributed by atoms with Gasteiger partial charge in [-0.3, -0.25) is 0 Å². The smallest absolute Gasteiger partial charge is 0.0501 e. The first-order valence-corrected chi connectivity index (χ1v) is 5.38. The lowest BCUT2D eigenvalue weighted by molar-refractivity contribution is 0.142. The zero-order valence-electron chi connectivity index (χ0n) is 8.49. The van der Waals surface area contributed by atoms with Gasteiger partial charge in [0.15, 0.2) is 0 Å². The molecule has 1 aliphatic rings. The van der Waals surface area contributed by atoms with Crippen molar-refractivity contribution < 1.29 is 4.74 Å². The van der Waals surface area contributed by atoms with Crippen molar-refractivity contribution in [2.24, 2.45) is 5.92 Å². The SMILES string of the molecule is [CH](COCC1CC1)Cc1ccccc1. The van der Waals surface area contributed by atoms with Gasteiger partial charge in [0.1, 0.15) is 0 Å². The van der Waals surface area contributed by atoms with Gasteiger partial charge in [-0.25, -0.2) is 0 Å². The molecule has 1 nitrogen and oxygen atoms in total. The fourth-order valence-corrected chi connectivity index (χ4v) is 1.44. The van der Waals surface area contributed by atoms with Gasteiger partial charge in [-0.15, -0.1) is 0 Å². The molecule has 0 atom stereocenters. The van der Waals surface area contributed by atoms with E-state index in [0.29, 0.717) is 0 Å². The zero-order valence-corrected chi connectivity index (χ0v) is 8.49. The van der Waals surface area contributed by atoms with Crippen LogP contribution >= 0.6 is 0 Å². The van der Waals surface area contributed by atoms with Crippen LogP contribution in [-0.4, -0.2) is 13.2 Å². The number of hydrogen-bond acceptors (Lipinski definition) is 1. The van der Waals surface area contributed by atoms with Crippen LogP contribution in [0.4, 0.5) is 0 Å². The van der Waals surface area contributed by atoms with Gasteiger partial charge in [0, 0.05) is 6.61 Å². The average molecular weight is 189 g/mol. The Labute approximate surface area is 86.1 Å². The van der Waals surface area contributed by atoms with Crippen molar-refractivity contribution in [3.63, 3.8) is 0 Å². The molecule has 0 N–H and O–H groups in total. The van der Waals surface area contributed by atoms with E-state index in [4.69, 9.17) is 4.74 Å². The number of rotatable bonds is 6. The van der Waals surface area contributed by atoms with Gasteiger partial charge in [0.2, 0.25) is 0 Å². The van der Waals surface area contributed by atoms with Crippen LogP contribution in [0, 0.1) is 12.3 Å². The molecule has 1 aliphatic carbocycles. The molecule has 0 bridgehead atoms. The van der Waals surface area contributed by atoms with E-state index in [1.165, 1.54) is 18.4 Å². The molecule has 0 aliphatic heterocycles. The lowest BCUT2D eigenvalue weighted by Crippen LogP contribution is -2.00. The molecule has 75 valence electrons. The van der Waals surface area contributed by atoms with Crippen molar-refractivity contribution in [1.29, 1.82) is 0 Å². The third-order valence-electron chi connectivity index (χ3n) is 2.51. The molecule has 0 saturated heterocycles. The van der Waals surface area contributed by atoms with E-state index in [1.807, 2.05) is 6.07 Å². The fourth-order valence-electron chi connectivity index (χ4n) is 1.44. The Balaban J connectivity index is 1.54. The van der Waals surface area contributed by atoms with E-state index in [9.17, 15) is 0 Å². The summed E-state index contributed by atoms with van der Waals surface area (Å²) < 4.78 is 5.52. The molecule has 1 saturated carbocycles. The first-order valence-electron chi connectivity index (χ1n) is 5.38. The predicted octanol–water partition coefficient (Wildman–Crippen LogP) is 2.86. The standard InChI is InChI=1S/C13H17O/c1-2-5-12(6-3-1)7-4-10-14-11-13-8-9-13/h1-6,13H,7-11H2. The lowest BCUT2D eigenvalue weighted by atomic mass is 10.1. The lowest BCUT2D eigenvalue weighted by Gasteiger charge is -2.02. The van der Waals surface area contributed by atoms with Crippen LogP contribution in [0.15, 0.2) is 30.3 Å². The summed E-state index contributed by atoms with van der Waals surface area (Å²) in [5.41, 5.74) is 1.36. The van der Waals surface area contributed by atoms with Crippen LogP contribution < -0.4 is 0 Å². The summed E-state index contributed by atoms with van der Waals surface area (Å²) in [4.78, 5) is 0. The minimum absolute atomic E-state index is 0.797. The monoisotopic (exact) mass is 189 g/mol. The summed E-state index contributed by atoms with van der Waals surface area (Å²) in [6, 6.07) is 10.5. The van der Waals surface area contributed by atoms with Crippen LogP contribution in [0.1, 0.15) is 18.4 Å². The van der Waals surface area contributed by atoms with E-state index < -0.39 is 0 Å². The Bertz CT molecular complexity index is 251. The van der Waals surface area contributed by atoms with Crippen molar-refractivity contribution in [1.82, 2.24) is 0 Å². The van der Waals surface area contributed by atoms with Crippen molar-refractivity contribution in [2.75, 3.05) is 13.2 Å². The van der Waals surface area contributed by atoms with Gasteiger partial charge in [-0.1, -0.05) is 30.3 Å². The second-order valence-electron chi connectivity index (χ2n) is 3.96.